The third-order valence-electron chi connectivity index (χ3n) is 5.31. The van der Waals surface area contributed by atoms with Gasteiger partial charge in [-0.25, -0.2) is 0 Å². The van der Waals surface area contributed by atoms with Gasteiger partial charge in [-0.3, -0.25) is 9.59 Å². The van der Waals surface area contributed by atoms with Gasteiger partial charge >= 0.3 is 0 Å². The van der Waals surface area contributed by atoms with Crippen molar-refractivity contribution in [3.05, 3.63) is 29.8 Å². The Morgan fingerprint density at radius 2 is 1.48 bits per heavy atom. The number of anilines is 1. The Balaban J connectivity index is 0.000000168. The van der Waals surface area contributed by atoms with Crippen molar-refractivity contribution in [1.82, 2.24) is 4.90 Å². The zero-order valence-corrected chi connectivity index (χ0v) is 16.1. The Bertz CT molecular complexity index is 579. The van der Waals surface area contributed by atoms with Crippen LogP contribution in [0.2, 0.25) is 0 Å². The molecule has 4 nitrogen and oxygen atoms in total. The van der Waals surface area contributed by atoms with Crippen LogP contribution in [0.25, 0.3) is 0 Å². The molecule has 1 aromatic carbocycles. The number of carbonyl (C=O) groups excluding carboxylic acids is 2. The van der Waals surface area contributed by atoms with Crippen molar-refractivity contribution >= 4 is 17.5 Å². The molecule has 2 fully saturated rings. The van der Waals surface area contributed by atoms with Gasteiger partial charge in [0.15, 0.2) is 0 Å². The van der Waals surface area contributed by atoms with E-state index in [1.807, 2.05) is 36.9 Å². The van der Waals surface area contributed by atoms with Crippen LogP contribution in [0.1, 0.15) is 65.4 Å². The Morgan fingerprint density at radius 3 is 1.96 bits per heavy atom. The van der Waals surface area contributed by atoms with Crippen molar-refractivity contribution in [1.29, 1.82) is 0 Å². The summed E-state index contributed by atoms with van der Waals surface area (Å²) in [4.78, 5) is 26.3. The van der Waals surface area contributed by atoms with Crippen molar-refractivity contribution in [2.45, 2.75) is 78.3 Å². The van der Waals surface area contributed by atoms with Gasteiger partial charge in [0.2, 0.25) is 11.8 Å². The quantitative estimate of drug-likeness (QED) is 0.709. The van der Waals surface area contributed by atoms with Crippen LogP contribution < -0.4 is 4.90 Å². The number of hydrogen-bond donors (Lipinski definition) is 0. The normalized spacial score (nSPS) is 23.0. The van der Waals surface area contributed by atoms with Crippen molar-refractivity contribution in [2.24, 2.45) is 0 Å². The summed E-state index contributed by atoms with van der Waals surface area (Å²) in [5.74, 6) is 0.428. The van der Waals surface area contributed by atoms with Gasteiger partial charge in [-0.2, -0.15) is 0 Å². The number of benzene rings is 1. The Hall–Kier alpha value is -1.84. The van der Waals surface area contributed by atoms with Crippen LogP contribution in [-0.4, -0.2) is 35.3 Å². The molecular weight excluding hydrogens is 312 g/mol. The van der Waals surface area contributed by atoms with Gasteiger partial charge in [0.25, 0.3) is 0 Å². The SMILES string of the molecule is CC.CC(=O)N1C2CCC1CC2.CC(=O)N1CCCc2ccccc21. The lowest BCUT2D eigenvalue weighted by Gasteiger charge is -2.28. The maximum absolute atomic E-state index is 11.3. The highest BCUT2D eigenvalue weighted by Crippen LogP contribution is 2.37. The Kier molecular flexibility index (Phi) is 7.03. The number of rotatable bonds is 0. The molecular formula is C21H32N2O2. The molecule has 3 aliphatic rings. The first-order valence-corrected chi connectivity index (χ1v) is 9.73. The molecule has 2 amide bonds. The summed E-state index contributed by atoms with van der Waals surface area (Å²) in [5, 5.41) is 0. The highest BCUT2D eigenvalue weighted by Gasteiger charge is 2.40. The van der Waals surface area contributed by atoms with Crippen LogP contribution in [0.15, 0.2) is 24.3 Å². The molecule has 0 radical (unpaired) electrons. The summed E-state index contributed by atoms with van der Waals surface area (Å²) in [5.41, 5.74) is 2.39. The minimum absolute atomic E-state index is 0.146. The minimum Gasteiger partial charge on any atom is -0.337 e. The van der Waals surface area contributed by atoms with Gasteiger partial charge in [0, 0.05) is 38.2 Å². The first kappa shape index (κ1) is 19.5. The van der Waals surface area contributed by atoms with Crippen LogP contribution in [0.5, 0.6) is 0 Å². The van der Waals surface area contributed by atoms with E-state index in [9.17, 15) is 9.59 Å². The first-order valence-electron chi connectivity index (χ1n) is 9.73. The topological polar surface area (TPSA) is 40.6 Å². The number of aryl methyl sites for hydroxylation is 1. The maximum Gasteiger partial charge on any atom is 0.223 e. The average Bonchev–Trinajstić information content (AvgIpc) is 3.24. The largest absolute Gasteiger partial charge is 0.337 e. The molecule has 0 unspecified atom stereocenters. The molecule has 3 heterocycles. The van der Waals surface area contributed by atoms with E-state index in [1.54, 1.807) is 13.8 Å². The Morgan fingerprint density at radius 1 is 0.920 bits per heavy atom. The first-order chi connectivity index (χ1) is 12.1. The number of nitrogens with zero attached hydrogens (tertiary/aromatic N) is 2. The lowest BCUT2D eigenvalue weighted by molar-refractivity contribution is -0.130. The van der Waals surface area contributed by atoms with E-state index in [1.165, 1.54) is 31.2 Å². The van der Waals surface area contributed by atoms with E-state index in [0.717, 1.165) is 25.1 Å². The molecule has 0 atom stereocenters. The average molecular weight is 344 g/mol. The van der Waals surface area contributed by atoms with Crippen molar-refractivity contribution in [2.75, 3.05) is 11.4 Å². The number of hydrogen-bond acceptors (Lipinski definition) is 2. The highest BCUT2D eigenvalue weighted by molar-refractivity contribution is 5.92. The van der Waals surface area contributed by atoms with Gasteiger partial charge in [-0.1, -0.05) is 32.0 Å². The fraction of sp³-hybridized carbons (Fsp3) is 0.619. The maximum atomic E-state index is 11.3. The van der Waals surface area contributed by atoms with Crippen molar-refractivity contribution in [3.8, 4) is 0 Å². The highest BCUT2D eigenvalue weighted by atomic mass is 16.2. The second-order valence-electron chi connectivity index (χ2n) is 6.79. The lowest BCUT2D eigenvalue weighted by Crippen LogP contribution is -2.33. The standard InChI is InChI=1S/C11H13NO.C8H13NO.C2H6/c1-9(13)12-8-4-6-10-5-2-3-7-11(10)12;1-6(10)9-7-2-3-8(9)5-4-7;1-2/h2-3,5,7H,4,6,8H2,1H3;7-8H,2-5H2,1H3;1-2H3. The van der Waals surface area contributed by atoms with Crippen LogP contribution in [0, 0.1) is 0 Å². The molecule has 138 valence electrons. The van der Waals surface area contributed by atoms with E-state index < -0.39 is 0 Å². The van der Waals surface area contributed by atoms with E-state index in [0.29, 0.717) is 12.1 Å². The number of fused-ring (bicyclic) bond motifs is 3. The molecule has 0 saturated carbocycles. The van der Waals surface area contributed by atoms with Gasteiger partial charge < -0.3 is 9.80 Å². The van der Waals surface area contributed by atoms with Gasteiger partial charge in [-0.15, -0.1) is 0 Å². The molecule has 25 heavy (non-hydrogen) atoms. The monoisotopic (exact) mass is 344 g/mol. The third-order valence-corrected chi connectivity index (χ3v) is 5.31. The molecule has 4 heteroatoms. The number of carbonyl (C=O) groups is 2. The second kappa shape index (κ2) is 9.02. The summed E-state index contributed by atoms with van der Waals surface area (Å²) in [6.45, 7) is 8.19. The predicted molar refractivity (Wildman–Crippen MR) is 103 cm³/mol. The summed E-state index contributed by atoms with van der Waals surface area (Å²) < 4.78 is 0. The molecule has 0 N–H and O–H groups in total. The van der Waals surface area contributed by atoms with E-state index in [-0.39, 0.29) is 11.8 Å². The van der Waals surface area contributed by atoms with E-state index >= 15 is 0 Å². The molecule has 0 aliphatic carbocycles. The van der Waals surface area contributed by atoms with Crippen LogP contribution in [-0.2, 0) is 16.0 Å². The molecule has 1 aromatic rings. The second-order valence-corrected chi connectivity index (χ2v) is 6.79. The number of amides is 2. The zero-order valence-electron chi connectivity index (χ0n) is 16.1. The minimum atomic E-state index is 0.146. The van der Waals surface area contributed by atoms with Gasteiger partial charge in [-0.05, 0) is 50.2 Å². The fourth-order valence-corrected chi connectivity index (χ4v) is 4.29. The van der Waals surface area contributed by atoms with Crippen molar-refractivity contribution < 1.29 is 9.59 Å². The molecule has 4 rings (SSSR count). The summed E-state index contributed by atoms with van der Waals surface area (Å²) in [6, 6.07) is 9.37. The third kappa shape index (κ3) is 4.42. The smallest absolute Gasteiger partial charge is 0.223 e. The van der Waals surface area contributed by atoms with E-state index in [2.05, 4.69) is 11.0 Å². The van der Waals surface area contributed by atoms with Gasteiger partial charge in [0.1, 0.15) is 0 Å². The summed E-state index contributed by atoms with van der Waals surface area (Å²) in [6.07, 6.45) is 7.19. The molecule has 0 spiro atoms. The Labute approximate surface area is 152 Å². The van der Waals surface area contributed by atoms with Crippen LogP contribution >= 0.6 is 0 Å². The molecule has 2 saturated heterocycles. The van der Waals surface area contributed by atoms with Gasteiger partial charge in [0.05, 0.1) is 0 Å². The zero-order chi connectivity index (χ0) is 18.4. The van der Waals surface area contributed by atoms with Crippen LogP contribution in [0.3, 0.4) is 0 Å². The van der Waals surface area contributed by atoms with Crippen LogP contribution in [0.4, 0.5) is 5.69 Å². The number of para-hydroxylation sites is 1. The molecule has 3 aliphatic heterocycles. The van der Waals surface area contributed by atoms with Crippen molar-refractivity contribution in [3.63, 3.8) is 0 Å². The lowest BCUT2D eigenvalue weighted by atomic mass is 10.0. The summed E-state index contributed by atoms with van der Waals surface area (Å²) >= 11 is 0. The predicted octanol–water partition coefficient (Wildman–Crippen LogP) is 4.17. The molecule has 2 bridgehead atoms. The fourth-order valence-electron chi connectivity index (χ4n) is 4.29. The summed E-state index contributed by atoms with van der Waals surface area (Å²) in [7, 11) is 0. The van der Waals surface area contributed by atoms with E-state index in [4.69, 9.17) is 0 Å². The molecule has 0 aromatic heterocycles.